The maximum absolute atomic E-state index is 6.14. The van der Waals surface area contributed by atoms with Gasteiger partial charge in [-0.05, 0) is 31.1 Å². The van der Waals surface area contributed by atoms with E-state index in [1.54, 1.807) is 0 Å². The van der Waals surface area contributed by atoms with E-state index in [0.29, 0.717) is 5.41 Å². The molecule has 0 fully saturated rings. The Morgan fingerprint density at radius 1 is 0.938 bits per heavy atom. The third-order valence-electron chi connectivity index (χ3n) is 3.51. The first-order valence-corrected chi connectivity index (χ1v) is 7.41. The molecule has 16 heavy (non-hydrogen) atoms. The molecule has 0 spiro atoms. The van der Waals surface area contributed by atoms with E-state index >= 15 is 0 Å². The quantitative estimate of drug-likeness (QED) is 0.369. The highest BCUT2D eigenvalue weighted by atomic mass is 35.5. The lowest BCUT2D eigenvalue weighted by Crippen LogP contribution is -2.24. The van der Waals surface area contributed by atoms with Gasteiger partial charge in [-0.2, -0.15) is 0 Å². The van der Waals surface area contributed by atoms with Crippen molar-refractivity contribution in [2.75, 3.05) is 19.1 Å². The maximum atomic E-state index is 6.14. The average Bonchev–Trinajstić information content (AvgIpc) is 2.33. The van der Waals surface area contributed by atoms with Crippen molar-refractivity contribution < 1.29 is 4.74 Å². The Bertz CT molecular complexity index is 144. The fourth-order valence-electron chi connectivity index (χ4n) is 1.90. The first kappa shape index (κ1) is 16.2. The summed E-state index contributed by atoms with van der Waals surface area (Å²) in [5, 5.41) is 0. The Labute approximate surface area is 107 Å². The second-order valence-corrected chi connectivity index (χ2v) is 5.07. The zero-order valence-electron chi connectivity index (χ0n) is 11.4. The van der Waals surface area contributed by atoms with E-state index in [4.69, 9.17) is 16.3 Å². The third-order valence-corrected chi connectivity index (χ3v) is 4.08. The van der Waals surface area contributed by atoms with Crippen molar-refractivity contribution in [1.29, 1.82) is 0 Å². The molecular formula is C14H29ClO. The van der Waals surface area contributed by atoms with Gasteiger partial charge in [-0.15, -0.1) is 11.6 Å². The van der Waals surface area contributed by atoms with Crippen LogP contribution in [0.5, 0.6) is 0 Å². The summed E-state index contributed by atoms with van der Waals surface area (Å²) in [5.74, 6) is 0.778. The van der Waals surface area contributed by atoms with Crippen LogP contribution < -0.4 is 0 Å². The van der Waals surface area contributed by atoms with Gasteiger partial charge in [0.1, 0.15) is 0 Å². The second-order valence-electron chi connectivity index (χ2n) is 4.81. The molecule has 0 saturated heterocycles. The van der Waals surface area contributed by atoms with Gasteiger partial charge in [-0.1, -0.05) is 40.0 Å². The van der Waals surface area contributed by atoms with Gasteiger partial charge in [0.25, 0.3) is 0 Å². The van der Waals surface area contributed by atoms with E-state index in [2.05, 4.69) is 20.8 Å². The molecular weight excluding hydrogens is 220 g/mol. The van der Waals surface area contributed by atoms with Crippen molar-refractivity contribution >= 4 is 11.6 Å². The summed E-state index contributed by atoms with van der Waals surface area (Å²) in [7, 11) is 0. The van der Waals surface area contributed by atoms with Crippen LogP contribution in [0.15, 0.2) is 0 Å². The van der Waals surface area contributed by atoms with Crippen LogP contribution in [0.1, 0.15) is 65.7 Å². The highest BCUT2D eigenvalue weighted by molar-refractivity contribution is 6.18. The molecule has 1 unspecified atom stereocenters. The zero-order valence-corrected chi connectivity index (χ0v) is 12.1. The van der Waals surface area contributed by atoms with Gasteiger partial charge in [0.2, 0.25) is 0 Å². The normalized spacial score (nSPS) is 15.0. The van der Waals surface area contributed by atoms with E-state index in [1.165, 1.54) is 38.5 Å². The van der Waals surface area contributed by atoms with Crippen molar-refractivity contribution in [3.8, 4) is 0 Å². The van der Waals surface area contributed by atoms with Gasteiger partial charge >= 0.3 is 0 Å². The maximum Gasteiger partial charge on any atom is 0.0471 e. The summed E-state index contributed by atoms with van der Waals surface area (Å²) in [5.41, 5.74) is 0.323. The lowest BCUT2D eigenvalue weighted by atomic mass is 9.79. The van der Waals surface area contributed by atoms with Crippen molar-refractivity contribution in [3.63, 3.8) is 0 Å². The smallest absolute Gasteiger partial charge is 0.0471 e. The van der Waals surface area contributed by atoms with Crippen molar-refractivity contribution in [2.45, 2.75) is 65.7 Å². The molecule has 0 radical (unpaired) electrons. The van der Waals surface area contributed by atoms with Crippen molar-refractivity contribution in [3.05, 3.63) is 0 Å². The molecule has 0 aliphatic carbocycles. The number of hydrogen-bond acceptors (Lipinski definition) is 1. The zero-order chi connectivity index (χ0) is 12.3. The fraction of sp³-hybridized carbons (Fsp3) is 1.00. The predicted octanol–water partition coefficient (Wildman–Crippen LogP) is 5.02. The molecule has 1 atom stereocenters. The van der Waals surface area contributed by atoms with Crippen LogP contribution >= 0.6 is 11.6 Å². The van der Waals surface area contributed by atoms with Crippen molar-refractivity contribution in [2.24, 2.45) is 5.41 Å². The van der Waals surface area contributed by atoms with Crippen LogP contribution in [-0.2, 0) is 4.74 Å². The molecule has 0 aliphatic heterocycles. The molecule has 0 aromatic carbocycles. The number of rotatable bonds is 11. The number of halogens is 1. The third kappa shape index (κ3) is 6.75. The van der Waals surface area contributed by atoms with Crippen LogP contribution in [0, 0.1) is 5.41 Å². The van der Waals surface area contributed by atoms with Gasteiger partial charge in [0.15, 0.2) is 0 Å². The molecule has 2 heteroatoms. The summed E-state index contributed by atoms with van der Waals surface area (Å²) in [4.78, 5) is 0. The molecule has 0 heterocycles. The molecule has 0 N–H and O–H groups in total. The Morgan fingerprint density at radius 3 is 2.12 bits per heavy atom. The van der Waals surface area contributed by atoms with Crippen LogP contribution in [0.3, 0.4) is 0 Å². The minimum atomic E-state index is 0.323. The highest BCUT2D eigenvalue weighted by Gasteiger charge is 2.26. The second kappa shape index (κ2) is 10.4. The molecule has 0 bridgehead atoms. The van der Waals surface area contributed by atoms with E-state index in [0.717, 1.165) is 25.5 Å². The number of hydrogen-bond donors (Lipinski definition) is 0. The summed E-state index contributed by atoms with van der Waals surface area (Å²) in [6, 6.07) is 0. The van der Waals surface area contributed by atoms with E-state index in [1.807, 2.05) is 0 Å². The SMILES string of the molecule is CCCCOCCC(CC)(CCl)CCCC. The van der Waals surface area contributed by atoms with Crippen LogP contribution in [0.4, 0.5) is 0 Å². The molecule has 0 aliphatic rings. The van der Waals surface area contributed by atoms with Crippen molar-refractivity contribution in [1.82, 2.24) is 0 Å². The number of unbranched alkanes of at least 4 members (excludes halogenated alkanes) is 2. The van der Waals surface area contributed by atoms with E-state index < -0.39 is 0 Å². The van der Waals surface area contributed by atoms with Gasteiger partial charge in [-0.3, -0.25) is 0 Å². The minimum absolute atomic E-state index is 0.323. The lowest BCUT2D eigenvalue weighted by Gasteiger charge is -2.30. The standard InChI is InChI=1S/C14H29ClO/c1-4-7-9-14(6-3,13-15)10-12-16-11-8-5-2/h4-13H2,1-3H3. The molecule has 0 saturated carbocycles. The van der Waals surface area contributed by atoms with Gasteiger partial charge < -0.3 is 4.74 Å². The summed E-state index contributed by atoms with van der Waals surface area (Å²) >= 11 is 6.14. The average molecular weight is 249 g/mol. The van der Waals surface area contributed by atoms with E-state index in [-0.39, 0.29) is 0 Å². The predicted molar refractivity (Wildman–Crippen MR) is 73.3 cm³/mol. The largest absolute Gasteiger partial charge is 0.381 e. The van der Waals surface area contributed by atoms with Gasteiger partial charge in [0.05, 0.1) is 0 Å². The van der Waals surface area contributed by atoms with Crippen LogP contribution in [0.25, 0.3) is 0 Å². The summed E-state index contributed by atoms with van der Waals surface area (Å²) < 4.78 is 5.65. The Kier molecular flexibility index (Phi) is 10.6. The fourth-order valence-corrected chi connectivity index (χ4v) is 2.35. The minimum Gasteiger partial charge on any atom is -0.381 e. The first-order valence-electron chi connectivity index (χ1n) is 6.88. The monoisotopic (exact) mass is 248 g/mol. The number of ether oxygens (including phenoxy) is 1. The molecule has 98 valence electrons. The van der Waals surface area contributed by atoms with Crippen LogP contribution in [0.2, 0.25) is 0 Å². The molecule has 0 aromatic rings. The lowest BCUT2D eigenvalue weighted by molar-refractivity contribution is 0.0921. The Hall–Kier alpha value is 0.250. The molecule has 0 rings (SSSR count). The molecule has 0 aromatic heterocycles. The van der Waals surface area contributed by atoms with Gasteiger partial charge in [-0.25, -0.2) is 0 Å². The topological polar surface area (TPSA) is 9.23 Å². The molecule has 1 nitrogen and oxygen atoms in total. The summed E-state index contributed by atoms with van der Waals surface area (Å²) in [6.07, 6.45) is 8.48. The Morgan fingerprint density at radius 2 is 1.62 bits per heavy atom. The van der Waals surface area contributed by atoms with Crippen LogP contribution in [-0.4, -0.2) is 19.1 Å². The highest BCUT2D eigenvalue weighted by Crippen LogP contribution is 2.34. The Balaban J connectivity index is 3.82. The summed E-state index contributed by atoms with van der Waals surface area (Å²) in [6.45, 7) is 8.48. The molecule has 0 amide bonds. The first-order chi connectivity index (χ1) is 7.74. The van der Waals surface area contributed by atoms with Gasteiger partial charge in [0, 0.05) is 19.1 Å². The number of alkyl halides is 1. The van der Waals surface area contributed by atoms with E-state index in [9.17, 15) is 0 Å².